The molecule has 0 aromatic carbocycles. The number of rotatable bonds is 0. The summed E-state index contributed by atoms with van der Waals surface area (Å²) in [6.07, 6.45) is 0. The van der Waals surface area contributed by atoms with E-state index in [4.69, 9.17) is 0 Å². The SMILES string of the molecule is O=c1nnc2[nH]c3c(=O)nnc3[nH]c12. The van der Waals surface area contributed by atoms with Gasteiger partial charge in [0.2, 0.25) is 0 Å². The summed E-state index contributed by atoms with van der Waals surface area (Å²) in [5, 5.41) is 13.7. The van der Waals surface area contributed by atoms with Gasteiger partial charge in [0.15, 0.2) is 22.3 Å². The molecule has 68 valence electrons. The molecule has 0 aliphatic heterocycles. The molecule has 0 aliphatic carbocycles. The van der Waals surface area contributed by atoms with Crippen LogP contribution >= 0.6 is 0 Å². The summed E-state index contributed by atoms with van der Waals surface area (Å²) >= 11 is 0. The second kappa shape index (κ2) is 2.10. The van der Waals surface area contributed by atoms with Crippen LogP contribution in [0.15, 0.2) is 9.59 Å². The fourth-order valence-electron chi connectivity index (χ4n) is 1.23. The Labute approximate surface area is 74.4 Å². The number of fused-ring (bicyclic) bond motifs is 2. The van der Waals surface area contributed by atoms with Gasteiger partial charge in [0, 0.05) is 0 Å². The lowest BCUT2D eigenvalue weighted by molar-refractivity contribution is 1.06. The maximum atomic E-state index is 11.1. The van der Waals surface area contributed by atoms with E-state index in [0.717, 1.165) is 0 Å². The minimum atomic E-state index is -0.492. The van der Waals surface area contributed by atoms with Crippen molar-refractivity contribution in [2.45, 2.75) is 0 Å². The second-order valence-electron chi connectivity index (χ2n) is 2.71. The number of hydrogen-bond acceptors (Lipinski definition) is 6. The number of hydrogen-bond donors (Lipinski definition) is 2. The summed E-state index contributed by atoms with van der Waals surface area (Å²) < 4.78 is 0. The zero-order valence-corrected chi connectivity index (χ0v) is 6.61. The third-order valence-corrected chi connectivity index (χ3v) is 1.87. The molecule has 0 aliphatic rings. The molecule has 3 rings (SSSR count). The Morgan fingerprint density at radius 3 is 1.57 bits per heavy atom. The quantitative estimate of drug-likeness (QED) is 0.440. The van der Waals surface area contributed by atoms with Gasteiger partial charge in [-0.05, 0) is 0 Å². The van der Waals surface area contributed by atoms with E-state index in [9.17, 15) is 9.59 Å². The number of aromatic nitrogens is 6. The van der Waals surface area contributed by atoms with Gasteiger partial charge in [-0.1, -0.05) is 0 Å². The van der Waals surface area contributed by atoms with Crippen molar-refractivity contribution in [3.05, 3.63) is 20.7 Å². The van der Waals surface area contributed by atoms with Gasteiger partial charge in [0.1, 0.15) is 0 Å². The highest BCUT2D eigenvalue weighted by Crippen LogP contribution is 2.04. The largest absolute Gasteiger partial charge is 0.329 e. The number of nitrogens with zero attached hydrogens (tertiary/aromatic N) is 4. The highest BCUT2D eigenvalue weighted by atomic mass is 16.1. The molecule has 0 spiro atoms. The molecule has 0 unspecified atom stereocenters. The Bertz CT molecular complexity index is 664. The summed E-state index contributed by atoms with van der Waals surface area (Å²) in [7, 11) is 0. The van der Waals surface area contributed by atoms with Gasteiger partial charge in [-0.3, -0.25) is 9.59 Å². The maximum absolute atomic E-state index is 11.1. The molecule has 0 saturated heterocycles. The normalized spacial score (nSPS) is 11.4. The average molecular weight is 190 g/mol. The first-order chi connectivity index (χ1) is 6.75. The van der Waals surface area contributed by atoms with Crippen molar-refractivity contribution in [1.82, 2.24) is 30.4 Å². The Morgan fingerprint density at radius 2 is 1.14 bits per heavy atom. The molecule has 3 aromatic heterocycles. The van der Waals surface area contributed by atoms with Crippen molar-refractivity contribution in [2.75, 3.05) is 0 Å². The third-order valence-electron chi connectivity index (χ3n) is 1.87. The smallest absolute Gasteiger partial charge is 0.315 e. The lowest BCUT2D eigenvalue weighted by atomic mass is 10.5. The van der Waals surface area contributed by atoms with Crippen molar-refractivity contribution in [3.63, 3.8) is 0 Å². The summed E-state index contributed by atoms with van der Waals surface area (Å²) in [6, 6.07) is 0. The highest BCUT2D eigenvalue weighted by molar-refractivity contribution is 5.80. The van der Waals surface area contributed by atoms with E-state index in [1.807, 2.05) is 0 Å². The van der Waals surface area contributed by atoms with Gasteiger partial charge < -0.3 is 9.97 Å². The first kappa shape index (κ1) is 7.06. The van der Waals surface area contributed by atoms with Crippen LogP contribution in [0, 0.1) is 0 Å². The summed E-state index contributed by atoms with van der Waals surface area (Å²) in [5.74, 6) is 0. The average Bonchev–Trinajstić information content (AvgIpc) is 2.71. The van der Waals surface area contributed by atoms with Gasteiger partial charge in [-0.15, -0.1) is 20.4 Å². The van der Waals surface area contributed by atoms with E-state index in [0.29, 0.717) is 0 Å². The van der Waals surface area contributed by atoms with Gasteiger partial charge in [-0.25, -0.2) is 0 Å². The Kier molecular flexibility index (Phi) is 1.06. The second-order valence-corrected chi connectivity index (χ2v) is 2.71. The first-order valence-corrected chi connectivity index (χ1v) is 3.70. The van der Waals surface area contributed by atoms with E-state index in [2.05, 4.69) is 30.4 Å². The Morgan fingerprint density at radius 1 is 0.714 bits per heavy atom. The van der Waals surface area contributed by atoms with Crippen molar-refractivity contribution in [2.24, 2.45) is 0 Å². The molecule has 0 radical (unpaired) electrons. The first-order valence-electron chi connectivity index (χ1n) is 3.70. The van der Waals surface area contributed by atoms with Crippen LogP contribution in [0.1, 0.15) is 0 Å². The molecule has 3 heterocycles. The van der Waals surface area contributed by atoms with Crippen molar-refractivity contribution >= 4 is 22.3 Å². The lowest BCUT2D eigenvalue weighted by Gasteiger charge is -1.88. The molecular weight excluding hydrogens is 188 g/mol. The fourth-order valence-corrected chi connectivity index (χ4v) is 1.23. The summed E-state index contributed by atoms with van der Waals surface area (Å²) in [4.78, 5) is 27.4. The predicted octanol–water partition coefficient (Wildman–Crippen LogP) is -1.61. The molecule has 0 bridgehead atoms. The van der Waals surface area contributed by atoms with Crippen LogP contribution < -0.4 is 11.1 Å². The van der Waals surface area contributed by atoms with Gasteiger partial charge in [0.05, 0.1) is 0 Å². The fraction of sp³-hybridized carbons (Fsp3) is 0. The number of aromatic amines is 2. The van der Waals surface area contributed by atoms with Gasteiger partial charge in [0.25, 0.3) is 0 Å². The van der Waals surface area contributed by atoms with Crippen LogP contribution in [0.5, 0.6) is 0 Å². The van der Waals surface area contributed by atoms with E-state index >= 15 is 0 Å². The molecule has 0 atom stereocenters. The zero-order chi connectivity index (χ0) is 9.71. The van der Waals surface area contributed by atoms with E-state index in [1.165, 1.54) is 0 Å². The molecule has 14 heavy (non-hydrogen) atoms. The molecule has 3 aromatic rings. The molecule has 8 heteroatoms. The Balaban J connectivity index is 2.69. The van der Waals surface area contributed by atoms with Crippen molar-refractivity contribution in [3.8, 4) is 0 Å². The molecule has 2 N–H and O–H groups in total. The van der Waals surface area contributed by atoms with Crippen LogP contribution in [0.3, 0.4) is 0 Å². The summed E-state index contributed by atoms with van der Waals surface area (Å²) in [6.45, 7) is 0. The zero-order valence-electron chi connectivity index (χ0n) is 6.61. The monoisotopic (exact) mass is 190 g/mol. The highest BCUT2D eigenvalue weighted by Gasteiger charge is 2.10. The Hall–Kier alpha value is -2.38. The number of H-pyrrole nitrogens is 2. The van der Waals surface area contributed by atoms with Crippen LogP contribution in [-0.4, -0.2) is 30.4 Å². The number of nitrogens with one attached hydrogen (secondary N) is 2. The van der Waals surface area contributed by atoms with Crippen LogP contribution in [0.4, 0.5) is 0 Å². The van der Waals surface area contributed by atoms with Crippen molar-refractivity contribution < 1.29 is 0 Å². The predicted molar refractivity (Wildman–Crippen MR) is 45.1 cm³/mol. The maximum Gasteiger partial charge on any atom is 0.315 e. The molecule has 0 fully saturated rings. The van der Waals surface area contributed by atoms with Crippen molar-refractivity contribution in [1.29, 1.82) is 0 Å². The topological polar surface area (TPSA) is 117 Å². The molecule has 8 nitrogen and oxygen atoms in total. The minimum Gasteiger partial charge on any atom is -0.329 e. The minimum absolute atomic E-state index is 0.192. The van der Waals surface area contributed by atoms with E-state index < -0.39 is 11.1 Å². The van der Waals surface area contributed by atoms with Crippen LogP contribution in [0.2, 0.25) is 0 Å². The van der Waals surface area contributed by atoms with Gasteiger partial charge >= 0.3 is 11.1 Å². The van der Waals surface area contributed by atoms with Gasteiger partial charge in [-0.2, -0.15) is 0 Å². The van der Waals surface area contributed by atoms with Crippen LogP contribution in [0.25, 0.3) is 22.3 Å². The lowest BCUT2D eigenvalue weighted by Crippen LogP contribution is -2.02. The molecule has 0 saturated carbocycles. The molecule has 0 amide bonds. The van der Waals surface area contributed by atoms with E-state index in [1.54, 1.807) is 0 Å². The van der Waals surface area contributed by atoms with E-state index in [-0.39, 0.29) is 22.3 Å². The standard InChI is InChI=1S/C6H2N6O2/c13-5-1-3(9-11-5)8-2-4(7-1)10-12-6(2)14/h7-8H. The molecular formula is C6H2N6O2. The summed E-state index contributed by atoms with van der Waals surface area (Å²) in [5.41, 5.74) is -0.138. The third kappa shape index (κ3) is 0.715. The van der Waals surface area contributed by atoms with Crippen LogP contribution in [-0.2, 0) is 0 Å².